The number of fused-ring (bicyclic) bond motifs is 2. The van der Waals surface area contributed by atoms with E-state index in [2.05, 4.69) is 5.32 Å². The maximum absolute atomic E-state index is 13.9. The van der Waals surface area contributed by atoms with Crippen molar-refractivity contribution in [2.45, 2.75) is 29.7 Å². The summed E-state index contributed by atoms with van der Waals surface area (Å²) in [6.07, 6.45) is 0. The van der Waals surface area contributed by atoms with Crippen molar-refractivity contribution in [2.24, 2.45) is 5.92 Å². The van der Waals surface area contributed by atoms with Crippen molar-refractivity contribution in [2.75, 3.05) is 10.2 Å². The van der Waals surface area contributed by atoms with Gasteiger partial charge in [-0.25, -0.2) is 4.90 Å². The number of carbonyl (C=O) groups is 3. The predicted octanol–water partition coefficient (Wildman–Crippen LogP) is 5.96. The van der Waals surface area contributed by atoms with Gasteiger partial charge < -0.3 is 5.32 Å². The second-order valence-corrected chi connectivity index (χ2v) is 12.6. The number of anilines is 2. The molecule has 11 heteroatoms. The molecule has 0 spiro atoms. The van der Waals surface area contributed by atoms with Crippen molar-refractivity contribution >= 4 is 75.4 Å². The molecule has 0 bridgehead atoms. The average molecular weight is 611 g/mol. The molecule has 3 heterocycles. The van der Waals surface area contributed by atoms with Crippen LogP contribution in [-0.2, 0) is 20.9 Å². The van der Waals surface area contributed by atoms with Crippen molar-refractivity contribution < 1.29 is 14.4 Å². The first kappa shape index (κ1) is 26.8. The van der Waals surface area contributed by atoms with E-state index in [9.17, 15) is 19.2 Å². The molecule has 0 saturated carbocycles. The molecular formula is C29H21Cl2N3O4S2. The first-order valence-corrected chi connectivity index (χ1v) is 14.8. The van der Waals surface area contributed by atoms with Crippen LogP contribution in [0.15, 0.2) is 82.6 Å². The minimum atomic E-state index is -0.781. The van der Waals surface area contributed by atoms with Crippen LogP contribution < -0.4 is 15.1 Å². The van der Waals surface area contributed by atoms with Crippen LogP contribution in [0.5, 0.6) is 0 Å². The molecule has 2 aliphatic heterocycles. The van der Waals surface area contributed by atoms with Gasteiger partial charge in [0.25, 0.3) is 0 Å². The molecule has 40 heavy (non-hydrogen) atoms. The Morgan fingerprint density at radius 3 is 2.15 bits per heavy atom. The lowest BCUT2D eigenvalue weighted by molar-refractivity contribution is -0.122. The summed E-state index contributed by atoms with van der Waals surface area (Å²) in [6.45, 7) is 1.73. The van der Waals surface area contributed by atoms with E-state index in [1.54, 1.807) is 48.5 Å². The maximum atomic E-state index is 13.9. The van der Waals surface area contributed by atoms with Gasteiger partial charge in [-0.15, -0.1) is 0 Å². The number of nitrogens with one attached hydrogen (secondary N) is 1. The summed E-state index contributed by atoms with van der Waals surface area (Å²) in [5.74, 6) is -2.39. The second kappa shape index (κ2) is 10.6. The Morgan fingerprint density at radius 2 is 1.50 bits per heavy atom. The number of halogens is 2. The third-order valence-electron chi connectivity index (χ3n) is 7.00. The minimum absolute atomic E-state index is 0.223. The fourth-order valence-corrected chi connectivity index (χ4v) is 8.14. The van der Waals surface area contributed by atoms with Gasteiger partial charge >= 0.3 is 4.87 Å². The smallest absolute Gasteiger partial charge is 0.308 e. The standard InChI is InChI=1S/C29H21Cl2N3O4S2/c1-15-2-10-19(11-3-15)32-21(35)14-33-28-25(40-29(33)38)22(16-4-6-17(30)7-5-16)23-24(39-28)27(37)34(26(23)36)20-12-8-18(31)9-13-20/h2-13,22-24H,14H2,1H3,(H,32,35)/t22-,23+,24-/m0/s1. The zero-order chi connectivity index (χ0) is 28.1. The van der Waals surface area contributed by atoms with Crippen LogP contribution >= 0.6 is 46.3 Å². The summed E-state index contributed by atoms with van der Waals surface area (Å²) in [7, 11) is 0. The van der Waals surface area contributed by atoms with Crippen molar-refractivity contribution in [1.29, 1.82) is 0 Å². The Hall–Kier alpha value is -3.37. The van der Waals surface area contributed by atoms with Crippen molar-refractivity contribution in [3.05, 3.63) is 109 Å². The SMILES string of the molecule is Cc1ccc(NC(=O)Cn2c3c(sc2=O)[C@@H](c2ccc(Cl)cc2)[C@H]2C(=O)N(c4ccc(Cl)cc4)C(=O)[C@H]2S3)cc1. The zero-order valence-corrected chi connectivity index (χ0v) is 24.1. The van der Waals surface area contributed by atoms with E-state index in [0.29, 0.717) is 31.3 Å². The van der Waals surface area contributed by atoms with Gasteiger partial charge in [0.05, 0.1) is 16.6 Å². The topological polar surface area (TPSA) is 88.5 Å². The molecule has 0 unspecified atom stereocenters. The highest BCUT2D eigenvalue weighted by Gasteiger charge is 2.56. The lowest BCUT2D eigenvalue weighted by Crippen LogP contribution is -2.33. The quantitative estimate of drug-likeness (QED) is 0.282. The Bertz CT molecular complexity index is 1700. The number of imide groups is 1. The zero-order valence-electron chi connectivity index (χ0n) is 21.0. The van der Waals surface area contributed by atoms with Gasteiger partial charge in [0.2, 0.25) is 17.7 Å². The van der Waals surface area contributed by atoms with Crippen LogP contribution in [0, 0.1) is 12.8 Å². The molecule has 3 atom stereocenters. The molecule has 1 N–H and O–H groups in total. The number of nitrogens with zero attached hydrogens (tertiary/aromatic N) is 2. The van der Waals surface area contributed by atoms with Gasteiger partial charge in [-0.05, 0) is 61.0 Å². The summed E-state index contributed by atoms with van der Waals surface area (Å²) in [5, 5.41) is 3.59. The molecule has 2 aliphatic rings. The fourth-order valence-electron chi connectivity index (χ4n) is 5.11. The first-order valence-electron chi connectivity index (χ1n) is 12.4. The summed E-state index contributed by atoms with van der Waals surface area (Å²) >= 11 is 14.4. The fraction of sp³-hybridized carbons (Fsp3) is 0.172. The van der Waals surface area contributed by atoms with Gasteiger partial charge in [-0.1, -0.05) is 76.1 Å². The Morgan fingerprint density at radius 1 is 0.875 bits per heavy atom. The van der Waals surface area contributed by atoms with Crippen LogP contribution in [0.1, 0.15) is 21.9 Å². The molecule has 4 aromatic rings. The number of thiazole rings is 1. The highest BCUT2D eigenvalue weighted by molar-refractivity contribution is 8.00. The van der Waals surface area contributed by atoms with Gasteiger partial charge in [0.1, 0.15) is 11.8 Å². The minimum Gasteiger partial charge on any atom is -0.325 e. The van der Waals surface area contributed by atoms with Crippen LogP contribution in [0.25, 0.3) is 0 Å². The molecule has 0 aliphatic carbocycles. The van der Waals surface area contributed by atoms with Crippen LogP contribution in [0.2, 0.25) is 10.0 Å². The normalized spacial score (nSPS) is 19.9. The van der Waals surface area contributed by atoms with Crippen molar-refractivity contribution in [1.82, 2.24) is 4.57 Å². The molecule has 1 aromatic heterocycles. The third-order valence-corrected chi connectivity index (χ3v) is 10.1. The molecule has 6 rings (SSSR count). The number of carbonyl (C=O) groups excluding carboxylic acids is 3. The van der Waals surface area contributed by atoms with Crippen molar-refractivity contribution in [3.63, 3.8) is 0 Å². The van der Waals surface area contributed by atoms with E-state index in [4.69, 9.17) is 23.2 Å². The lowest BCUT2D eigenvalue weighted by atomic mass is 9.83. The van der Waals surface area contributed by atoms with Crippen molar-refractivity contribution in [3.8, 4) is 0 Å². The molecule has 7 nitrogen and oxygen atoms in total. The number of benzene rings is 3. The van der Waals surface area contributed by atoms with E-state index in [0.717, 1.165) is 22.5 Å². The van der Waals surface area contributed by atoms with Crippen LogP contribution in [-0.4, -0.2) is 27.5 Å². The third kappa shape index (κ3) is 4.77. The van der Waals surface area contributed by atoms with E-state index in [-0.39, 0.29) is 29.1 Å². The van der Waals surface area contributed by atoms with E-state index < -0.39 is 17.1 Å². The Kier molecular flexibility index (Phi) is 7.08. The molecule has 1 saturated heterocycles. The molecule has 3 aromatic carbocycles. The second-order valence-electron chi connectivity index (χ2n) is 9.62. The monoisotopic (exact) mass is 609 g/mol. The number of thioether (sulfide) groups is 1. The van der Waals surface area contributed by atoms with Gasteiger partial charge in [0.15, 0.2) is 0 Å². The summed E-state index contributed by atoms with van der Waals surface area (Å²) in [4.78, 5) is 55.4. The van der Waals surface area contributed by atoms with E-state index in [1.165, 1.54) is 21.2 Å². The predicted molar refractivity (Wildman–Crippen MR) is 159 cm³/mol. The summed E-state index contributed by atoms with van der Waals surface area (Å²) in [5.41, 5.74) is 2.87. The summed E-state index contributed by atoms with van der Waals surface area (Å²) in [6, 6.07) is 21.0. The largest absolute Gasteiger partial charge is 0.325 e. The molecular weight excluding hydrogens is 589 g/mol. The lowest BCUT2D eigenvalue weighted by Gasteiger charge is -2.30. The highest BCUT2D eigenvalue weighted by atomic mass is 35.5. The molecule has 202 valence electrons. The number of hydrogen-bond acceptors (Lipinski definition) is 6. The Labute approximate surface area is 247 Å². The first-order chi connectivity index (χ1) is 19.2. The van der Waals surface area contributed by atoms with Gasteiger partial charge in [0, 0.05) is 26.5 Å². The number of amides is 3. The van der Waals surface area contributed by atoms with Gasteiger partial charge in [-0.2, -0.15) is 0 Å². The molecule has 3 amide bonds. The van der Waals surface area contributed by atoms with E-state index in [1.807, 2.05) is 31.2 Å². The van der Waals surface area contributed by atoms with E-state index >= 15 is 0 Å². The average Bonchev–Trinajstić information content (AvgIpc) is 3.37. The van der Waals surface area contributed by atoms with Crippen LogP contribution in [0.4, 0.5) is 11.4 Å². The summed E-state index contributed by atoms with van der Waals surface area (Å²) < 4.78 is 1.40. The highest BCUT2D eigenvalue weighted by Crippen LogP contribution is 2.54. The number of aryl methyl sites for hydroxylation is 1. The number of hydrogen-bond donors (Lipinski definition) is 1. The van der Waals surface area contributed by atoms with Crippen LogP contribution in [0.3, 0.4) is 0 Å². The molecule has 1 fully saturated rings. The number of rotatable bonds is 5. The molecule has 0 radical (unpaired) electrons. The van der Waals surface area contributed by atoms with Gasteiger partial charge in [-0.3, -0.25) is 23.7 Å². The maximum Gasteiger partial charge on any atom is 0.308 e. The number of aromatic nitrogens is 1. The Balaban J connectivity index is 1.40.